The van der Waals surface area contributed by atoms with Crippen molar-refractivity contribution in [3.05, 3.63) is 88.5 Å². The monoisotopic (exact) mass is 483 g/mol. The Morgan fingerprint density at radius 2 is 1.69 bits per heavy atom. The number of primary amides is 1. The van der Waals surface area contributed by atoms with Crippen molar-refractivity contribution in [2.45, 2.75) is 31.9 Å². The summed E-state index contributed by atoms with van der Waals surface area (Å²) in [5.74, 6) is -0.144. The lowest BCUT2D eigenvalue weighted by molar-refractivity contribution is -0.138. The highest BCUT2D eigenvalue weighted by Gasteiger charge is 2.34. The molecule has 9 heteroatoms. The number of piperazine rings is 1. The van der Waals surface area contributed by atoms with Crippen LogP contribution in [-0.4, -0.2) is 42.1 Å². The van der Waals surface area contributed by atoms with Crippen LogP contribution in [-0.2, 0) is 36.7 Å². The Balaban J connectivity index is 1.52. The highest BCUT2D eigenvalue weighted by Crippen LogP contribution is 2.32. The lowest BCUT2D eigenvalue weighted by atomic mass is 9.98. The summed E-state index contributed by atoms with van der Waals surface area (Å²) in [7, 11) is 0. The molecular formula is C26H28F3N5O. The topological polar surface area (TPSA) is 84.1 Å². The molecule has 1 saturated heterocycles. The van der Waals surface area contributed by atoms with Crippen LogP contribution in [0.2, 0.25) is 0 Å². The minimum atomic E-state index is -4.55. The molecule has 0 atom stereocenters. The second-order valence-corrected chi connectivity index (χ2v) is 8.64. The second kappa shape index (κ2) is 10.9. The number of aromatic nitrogens is 2. The molecular weight excluding hydrogens is 455 g/mol. The fourth-order valence-corrected chi connectivity index (χ4v) is 4.32. The number of aryl methyl sites for hydroxylation is 2. The van der Waals surface area contributed by atoms with E-state index in [2.05, 4.69) is 20.2 Å². The molecule has 1 amide bonds. The predicted molar refractivity (Wildman–Crippen MR) is 128 cm³/mol. The van der Waals surface area contributed by atoms with E-state index >= 15 is 0 Å². The Labute approximate surface area is 202 Å². The summed E-state index contributed by atoms with van der Waals surface area (Å²) < 4.78 is 41.0. The summed E-state index contributed by atoms with van der Waals surface area (Å²) in [6.45, 7) is 3.76. The maximum atomic E-state index is 13.7. The van der Waals surface area contributed by atoms with E-state index in [1.54, 1.807) is 24.3 Å². The largest absolute Gasteiger partial charge is 0.419 e. The molecule has 1 fully saturated rings. The number of hydrogen-bond donors (Lipinski definition) is 2. The van der Waals surface area contributed by atoms with Crippen LogP contribution < -0.4 is 16.0 Å². The van der Waals surface area contributed by atoms with E-state index in [4.69, 9.17) is 5.73 Å². The van der Waals surface area contributed by atoms with Crippen molar-refractivity contribution in [1.29, 1.82) is 0 Å². The van der Waals surface area contributed by atoms with E-state index in [0.29, 0.717) is 24.2 Å². The van der Waals surface area contributed by atoms with Gasteiger partial charge in [0.05, 0.1) is 17.7 Å². The maximum Gasteiger partial charge on any atom is 0.419 e. The SMILES string of the molecule is NC(=O)Cc1ccccc1CCc1nc(Cc2ccc(N3CCNCC3)cc2)ncc1C(F)(F)F. The molecule has 184 valence electrons. The van der Waals surface area contributed by atoms with Crippen molar-refractivity contribution in [2.75, 3.05) is 31.1 Å². The molecule has 1 aromatic heterocycles. The third-order valence-corrected chi connectivity index (χ3v) is 6.12. The minimum absolute atomic E-state index is 0.0429. The molecule has 1 aliphatic heterocycles. The Hall–Kier alpha value is -3.46. The zero-order chi connectivity index (χ0) is 24.8. The molecule has 0 saturated carbocycles. The molecule has 0 spiro atoms. The smallest absolute Gasteiger partial charge is 0.369 e. The zero-order valence-corrected chi connectivity index (χ0v) is 19.3. The molecule has 2 heterocycles. The molecule has 3 N–H and O–H groups in total. The molecule has 2 aromatic carbocycles. The molecule has 3 aromatic rings. The number of nitrogens with zero attached hydrogens (tertiary/aromatic N) is 3. The van der Waals surface area contributed by atoms with E-state index in [-0.39, 0.29) is 18.5 Å². The van der Waals surface area contributed by atoms with Crippen LogP contribution in [0, 0.1) is 0 Å². The molecule has 0 bridgehead atoms. The van der Waals surface area contributed by atoms with Crippen molar-refractivity contribution in [1.82, 2.24) is 15.3 Å². The minimum Gasteiger partial charge on any atom is -0.369 e. The Bertz CT molecular complexity index is 1160. The van der Waals surface area contributed by atoms with Crippen LogP contribution in [0.3, 0.4) is 0 Å². The van der Waals surface area contributed by atoms with Gasteiger partial charge >= 0.3 is 6.18 Å². The van der Waals surface area contributed by atoms with Gasteiger partial charge in [0.25, 0.3) is 0 Å². The third-order valence-electron chi connectivity index (χ3n) is 6.12. The fourth-order valence-electron chi connectivity index (χ4n) is 4.32. The first-order valence-corrected chi connectivity index (χ1v) is 11.6. The first-order chi connectivity index (χ1) is 16.8. The second-order valence-electron chi connectivity index (χ2n) is 8.64. The van der Waals surface area contributed by atoms with Crippen molar-refractivity contribution in [2.24, 2.45) is 5.73 Å². The average molecular weight is 484 g/mol. The molecule has 0 unspecified atom stereocenters. The van der Waals surface area contributed by atoms with Crippen molar-refractivity contribution >= 4 is 11.6 Å². The lowest BCUT2D eigenvalue weighted by Crippen LogP contribution is -2.43. The number of nitrogens with two attached hydrogens (primary N) is 1. The first kappa shape index (κ1) is 24.7. The van der Waals surface area contributed by atoms with Crippen LogP contribution in [0.25, 0.3) is 0 Å². The molecule has 6 nitrogen and oxygen atoms in total. The Morgan fingerprint density at radius 3 is 2.34 bits per heavy atom. The Morgan fingerprint density at radius 1 is 1.00 bits per heavy atom. The summed E-state index contributed by atoms with van der Waals surface area (Å²) in [6, 6.07) is 15.1. The molecule has 0 radical (unpaired) electrons. The van der Waals surface area contributed by atoms with Gasteiger partial charge in [-0.3, -0.25) is 4.79 Å². The molecule has 0 aliphatic carbocycles. The number of nitrogens with one attached hydrogen (secondary N) is 1. The van der Waals surface area contributed by atoms with E-state index in [1.165, 1.54) is 0 Å². The molecule has 1 aliphatic rings. The van der Waals surface area contributed by atoms with Crippen LogP contribution in [0.1, 0.15) is 33.8 Å². The standard InChI is InChI=1S/C26H28F3N5O/c27-26(28,29)22-17-32-25(15-18-5-8-21(9-6-18)34-13-11-31-12-14-34)33-23(22)10-7-19-3-1-2-4-20(19)16-24(30)35/h1-6,8-9,17,31H,7,10-16H2,(H2,30,35). The summed E-state index contributed by atoms with van der Waals surface area (Å²) >= 11 is 0. The summed E-state index contributed by atoms with van der Waals surface area (Å²) in [4.78, 5) is 22.0. The van der Waals surface area contributed by atoms with Crippen LogP contribution >= 0.6 is 0 Å². The van der Waals surface area contributed by atoms with Gasteiger partial charge in [-0.1, -0.05) is 36.4 Å². The van der Waals surface area contributed by atoms with Crippen LogP contribution in [0.15, 0.2) is 54.7 Å². The van der Waals surface area contributed by atoms with Gasteiger partial charge in [0.15, 0.2) is 0 Å². The number of carbonyl (C=O) groups is 1. The fraction of sp³-hybridized carbons (Fsp3) is 0.346. The zero-order valence-electron chi connectivity index (χ0n) is 19.3. The van der Waals surface area contributed by atoms with E-state index in [1.807, 2.05) is 24.3 Å². The van der Waals surface area contributed by atoms with Crippen molar-refractivity contribution in [3.8, 4) is 0 Å². The first-order valence-electron chi connectivity index (χ1n) is 11.6. The summed E-state index contributed by atoms with van der Waals surface area (Å²) in [5, 5.41) is 3.32. The van der Waals surface area contributed by atoms with E-state index < -0.39 is 17.6 Å². The summed E-state index contributed by atoms with van der Waals surface area (Å²) in [6.07, 6.45) is -2.91. The van der Waals surface area contributed by atoms with Gasteiger partial charge < -0.3 is 16.0 Å². The van der Waals surface area contributed by atoms with Gasteiger partial charge in [-0.25, -0.2) is 9.97 Å². The van der Waals surface area contributed by atoms with Gasteiger partial charge in [-0.05, 0) is 41.7 Å². The van der Waals surface area contributed by atoms with Crippen LogP contribution in [0.4, 0.5) is 18.9 Å². The highest BCUT2D eigenvalue weighted by atomic mass is 19.4. The van der Waals surface area contributed by atoms with Crippen LogP contribution in [0.5, 0.6) is 0 Å². The number of anilines is 1. The third kappa shape index (κ3) is 6.57. The van der Waals surface area contributed by atoms with Crippen molar-refractivity contribution < 1.29 is 18.0 Å². The number of hydrogen-bond acceptors (Lipinski definition) is 5. The quantitative estimate of drug-likeness (QED) is 0.514. The van der Waals surface area contributed by atoms with Gasteiger partial charge in [-0.15, -0.1) is 0 Å². The number of benzene rings is 2. The number of amides is 1. The van der Waals surface area contributed by atoms with E-state index in [0.717, 1.165) is 49.2 Å². The average Bonchev–Trinajstić information content (AvgIpc) is 2.83. The van der Waals surface area contributed by atoms with Crippen molar-refractivity contribution in [3.63, 3.8) is 0 Å². The number of carbonyl (C=O) groups excluding carboxylic acids is 1. The number of rotatable bonds is 8. The maximum absolute atomic E-state index is 13.7. The predicted octanol–water partition coefficient (Wildman–Crippen LogP) is 3.31. The number of halogens is 3. The van der Waals surface area contributed by atoms with Gasteiger partial charge in [0.2, 0.25) is 5.91 Å². The number of alkyl halides is 3. The Kier molecular flexibility index (Phi) is 7.65. The molecule has 4 rings (SSSR count). The van der Waals surface area contributed by atoms with Gasteiger partial charge in [0.1, 0.15) is 5.82 Å². The lowest BCUT2D eigenvalue weighted by Gasteiger charge is -2.29. The molecule has 35 heavy (non-hydrogen) atoms. The van der Waals surface area contributed by atoms with Gasteiger partial charge in [0, 0.05) is 44.5 Å². The normalized spacial score (nSPS) is 14.2. The van der Waals surface area contributed by atoms with Gasteiger partial charge in [-0.2, -0.15) is 13.2 Å². The highest BCUT2D eigenvalue weighted by molar-refractivity contribution is 5.77. The summed E-state index contributed by atoms with van der Waals surface area (Å²) in [5.41, 5.74) is 7.99. The van der Waals surface area contributed by atoms with E-state index in [9.17, 15) is 18.0 Å².